The summed E-state index contributed by atoms with van der Waals surface area (Å²) >= 11 is 19.8. The lowest BCUT2D eigenvalue weighted by molar-refractivity contribution is -0.129. The van der Waals surface area contributed by atoms with Crippen LogP contribution in [0.1, 0.15) is 43.2 Å². The van der Waals surface area contributed by atoms with Crippen LogP contribution in [0, 0.1) is 23.7 Å². The third-order valence-corrected chi connectivity index (χ3v) is 9.88. The van der Waals surface area contributed by atoms with Gasteiger partial charge in [0.2, 0.25) is 5.91 Å². The minimum atomic E-state index is -0.0372. The highest BCUT2D eigenvalue weighted by molar-refractivity contribution is 6.30. The maximum atomic E-state index is 13.2. The molecular formula is C29H32Cl3NO. The molecule has 1 amide bonds. The number of halogens is 3. The average molecular weight is 517 g/mol. The number of amides is 1. The van der Waals surface area contributed by atoms with Crippen molar-refractivity contribution in [3.05, 3.63) is 82.4 Å². The van der Waals surface area contributed by atoms with Crippen LogP contribution in [0.15, 0.2) is 66.2 Å². The lowest BCUT2D eigenvalue weighted by Crippen LogP contribution is -2.38. The first-order valence-electron chi connectivity index (χ1n) is 12.5. The molecule has 3 aliphatic rings. The standard InChI is InChI=1S/C29H32Cl3NO/c1-18-26(31)14-13-24(29(18)32)23-12-9-21-16-33(27(34)15-19-5-3-2-4-6-19)17-25(21)28(23)20-7-10-22(30)11-8-20/h2-8,10-11,13,18,21,23,25-26,28-29H,9,12,14-17H2,1H3. The van der Waals surface area contributed by atoms with Crippen molar-refractivity contribution in [2.45, 2.75) is 49.3 Å². The van der Waals surface area contributed by atoms with Gasteiger partial charge in [0, 0.05) is 23.5 Å². The molecule has 2 fully saturated rings. The number of nitrogens with zero attached hydrogens (tertiary/aromatic N) is 1. The quantitative estimate of drug-likeness (QED) is 0.308. The molecule has 0 spiro atoms. The van der Waals surface area contributed by atoms with Crippen LogP contribution in [0.25, 0.3) is 0 Å². The summed E-state index contributed by atoms with van der Waals surface area (Å²) in [6.45, 7) is 3.84. The molecule has 0 bridgehead atoms. The van der Waals surface area contributed by atoms with Crippen LogP contribution in [-0.2, 0) is 11.2 Å². The third-order valence-electron chi connectivity index (χ3n) is 8.40. The molecule has 180 valence electrons. The Morgan fingerprint density at radius 3 is 2.47 bits per heavy atom. The average Bonchev–Trinajstić information content (AvgIpc) is 3.28. The van der Waals surface area contributed by atoms with Gasteiger partial charge in [0.25, 0.3) is 0 Å². The smallest absolute Gasteiger partial charge is 0.227 e. The molecule has 7 unspecified atom stereocenters. The Morgan fingerprint density at radius 2 is 1.74 bits per heavy atom. The molecule has 1 saturated heterocycles. The van der Waals surface area contributed by atoms with Gasteiger partial charge in [-0.15, -0.1) is 23.2 Å². The lowest BCUT2D eigenvalue weighted by atomic mass is 9.61. The van der Waals surface area contributed by atoms with Crippen molar-refractivity contribution in [2.75, 3.05) is 13.1 Å². The van der Waals surface area contributed by atoms with Crippen molar-refractivity contribution >= 4 is 40.7 Å². The fraction of sp³-hybridized carbons (Fsp3) is 0.483. The van der Waals surface area contributed by atoms with E-state index in [4.69, 9.17) is 34.8 Å². The summed E-state index contributed by atoms with van der Waals surface area (Å²) in [6, 6.07) is 18.4. The van der Waals surface area contributed by atoms with Crippen LogP contribution in [0.2, 0.25) is 5.02 Å². The van der Waals surface area contributed by atoms with E-state index in [1.165, 1.54) is 11.1 Å². The van der Waals surface area contributed by atoms with Crippen molar-refractivity contribution in [1.29, 1.82) is 0 Å². The van der Waals surface area contributed by atoms with E-state index in [-0.39, 0.29) is 22.6 Å². The molecule has 0 radical (unpaired) electrons. The molecule has 5 rings (SSSR count). The van der Waals surface area contributed by atoms with E-state index in [0.29, 0.717) is 30.1 Å². The Morgan fingerprint density at radius 1 is 1.00 bits per heavy atom. The fourth-order valence-corrected chi connectivity index (χ4v) is 7.38. The highest BCUT2D eigenvalue weighted by Gasteiger charge is 2.48. The van der Waals surface area contributed by atoms with Gasteiger partial charge < -0.3 is 4.90 Å². The van der Waals surface area contributed by atoms with E-state index in [1.807, 2.05) is 42.5 Å². The number of rotatable bonds is 4. The summed E-state index contributed by atoms with van der Waals surface area (Å²) in [5.41, 5.74) is 3.75. The number of alkyl halides is 2. The van der Waals surface area contributed by atoms with E-state index in [9.17, 15) is 4.79 Å². The zero-order chi connectivity index (χ0) is 23.8. The summed E-state index contributed by atoms with van der Waals surface area (Å²) in [4.78, 5) is 15.3. The van der Waals surface area contributed by atoms with E-state index < -0.39 is 0 Å². The minimum Gasteiger partial charge on any atom is -0.342 e. The molecule has 7 atom stereocenters. The fourth-order valence-electron chi connectivity index (χ4n) is 6.52. The van der Waals surface area contributed by atoms with Crippen molar-refractivity contribution < 1.29 is 4.79 Å². The number of fused-ring (bicyclic) bond motifs is 1. The first-order valence-corrected chi connectivity index (χ1v) is 13.7. The second kappa shape index (κ2) is 10.2. The van der Waals surface area contributed by atoms with Crippen molar-refractivity contribution in [3.63, 3.8) is 0 Å². The Balaban J connectivity index is 1.43. The van der Waals surface area contributed by atoms with Crippen molar-refractivity contribution in [2.24, 2.45) is 23.7 Å². The summed E-state index contributed by atoms with van der Waals surface area (Å²) in [6.07, 6.45) is 5.90. The zero-order valence-electron chi connectivity index (χ0n) is 19.5. The van der Waals surface area contributed by atoms with Crippen LogP contribution >= 0.6 is 34.8 Å². The van der Waals surface area contributed by atoms with Gasteiger partial charge in [0.1, 0.15) is 0 Å². The normalized spacial score (nSPS) is 33.4. The molecule has 5 heteroatoms. The lowest BCUT2D eigenvalue weighted by Gasteiger charge is -2.44. The second-order valence-electron chi connectivity index (χ2n) is 10.4. The Hall–Kier alpha value is -1.48. The molecule has 1 aliphatic heterocycles. The monoisotopic (exact) mass is 515 g/mol. The Labute approximate surface area is 218 Å². The zero-order valence-corrected chi connectivity index (χ0v) is 21.8. The predicted octanol–water partition coefficient (Wildman–Crippen LogP) is 7.33. The molecule has 2 aliphatic carbocycles. The summed E-state index contributed by atoms with van der Waals surface area (Å²) in [5.74, 6) is 2.14. The highest BCUT2D eigenvalue weighted by atomic mass is 35.5. The van der Waals surface area contributed by atoms with Gasteiger partial charge in [0.15, 0.2) is 0 Å². The van der Waals surface area contributed by atoms with Gasteiger partial charge in [0.05, 0.1) is 11.8 Å². The van der Waals surface area contributed by atoms with Crippen LogP contribution in [-0.4, -0.2) is 34.7 Å². The van der Waals surface area contributed by atoms with Gasteiger partial charge >= 0.3 is 0 Å². The summed E-state index contributed by atoms with van der Waals surface area (Å²) < 4.78 is 0. The molecule has 34 heavy (non-hydrogen) atoms. The van der Waals surface area contributed by atoms with Gasteiger partial charge in [-0.3, -0.25) is 4.79 Å². The van der Waals surface area contributed by atoms with E-state index in [0.717, 1.165) is 42.9 Å². The van der Waals surface area contributed by atoms with E-state index in [1.54, 1.807) is 0 Å². The first kappa shape index (κ1) is 24.2. The second-order valence-corrected chi connectivity index (χ2v) is 11.8. The number of allylic oxidation sites excluding steroid dienone is 2. The summed E-state index contributed by atoms with van der Waals surface area (Å²) in [5, 5.41) is 0.809. The van der Waals surface area contributed by atoms with Gasteiger partial charge in [-0.1, -0.05) is 72.6 Å². The number of hydrogen-bond acceptors (Lipinski definition) is 1. The Kier molecular flexibility index (Phi) is 7.30. The first-order chi connectivity index (χ1) is 16.4. The van der Waals surface area contributed by atoms with Gasteiger partial charge in [-0.25, -0.2) is 0 Å². The van der Waals surface area contributed by atoms with Crippen LogP contribution < -0.4 is 0 Å². The molecule has 1 heterocycles. The largest absolute Gasteiger partial charge is 0.342 e. The summed E-state index contributed by atoms with van der Waals surface area (Å²) in [7, 11) is 0. The van der Waals surface area contributed by atoms with Crippen molar-refractivity contribution in [1.82, 2.24) is 4.90 Å². The molecule has 1 saturated carbocycles. The number of carbonyl (C=O) groups excluding carboxylic acids is 1. The van der Waals surface area contributed by atoms with Crippen LogP contribution in [0.5, 0.6) is 0 Å². The van der Waals surface area contributed by atoms with E-state index >= 15 is 0 Å². The van der Waals surface area contributed by atoms with Gasteiger partial charge in [-0.05, 0) is 72.1 Å². The third kappa shape index (κ3) is 4.79. The molecule has 0 aromatic heterocycles. The van der Waals surface area contributed by atoms with Crippen LogP contribution in [0.3, 0.4) is 0 Å². The number of likely N-dealkylation sites (tertiary alicyclic amines) is 1. The predicted molar refractivity (Wildman–Crippen MR) is 142 cm³/mol. The minimum absolute atomic E-state index is 0.0372. The van der Waals surface area contributed by atoms with Gasteiger partial charge in [-0.2, -0.15) is 0 Å². The highest BCUT2D eigenvalue weighted by Crippen LogP contribution is 2.53. The topological polar surface area (TPSA) is 20.3 Å². The maximum absolute atomic E-state index is 13.2. The SMILES string of the molecule is CC1C(Cl)CC=C(C2CCC3CN(C(=O)Cc4ccccc4)CC3C2c2ccc(Cl)cc2)C1Cl. The van der Waals surface area contributed by atoms with Crippen LogP contribution in [0.4, 0.5) is 0 Å². The molecule has 2 nitrogen and oxygen atoms in total. The number of carbonyl (C=O) groups is 1. The van der Waals surface area contributed by atoms with Crippen molar-refractivity contribution in [3.8, 4) is 0 Å². The number of hydrogen-bond donors (Lipinski definition) is 0. The maximum Gasteiger partial charge on any atom is 0.227 e. The molecule has 2 aromatic rings. The number of benzene rings is 2. The molecule has 2 aromatic carbocycles. The molecule has 0 N–H and O–H groups in total. The Bertz CT molecular complexity index is 1040. The van der Waals surface area contributed by atoms with E-state index in [2.05, 4.69) is 30.0 Å². The molecular weight excluding hydrogens is 485 g/mol.